The van der Waals surface area contributed by atoms with Gasteiger partial charge in [-0.3, -0.25) is 4.72 Å². The summed E-state index contributed by atoms with van der Waals surface area (Å²) in [5.41, 5.74) is 0.393. The number of nitrogens with one attached hydrogen (secondary N) is 1. The summed E-state index contributed by atoms with van der Waals surface area (Å²) in [5, 5.41) is 8.94. The molecule has 0 unspecified atom stereocenters. The summed E-state index contributed by atoms with van der Waals surface area (Å²) in [6.07, 6.45) is 0. The fourth-order valence-corrected chi connectivity index (χ4v) is 3.59. The van der Waals surface area contributed by atoms with Gasteiger partial charge in [-0.2, -0.15) is 0 Å². The summed E-state index contributed by atoms with van der Waals surface area (Å²) < 4.78 is 36.9. The van der Waals surface area contributed by atoms with E-state index < -0.39 is 10.0 Å². The van der Waals surface area contributed by atoms with Crippen LogP contribution in [-0.4, -0.2) is 20.6 Å². The first kappa shape index (κ1) is 14.9. The number of benzene rings is 1. The van der Waals surface area contributed by atoms with Crippen LogP contribution in [0.15, 0.2) is 44.3 Å². The Morgan fingerprint density at radius 3 is 2.50 bits per heavy atom. The molecule has 1 heterocycles. The molecule has 1 aromatic heterocycles. The minimum Gasteiger partial charge on any atom is -0.497 e. The van der Waals surface area contributed by atoms with E-state index in [0.717, 1.165) is 0 Å². The van der Waals surface area contributed by atoms with Crippen molar-refractivity contribution in [2.45, 2.75) is 11.5 Å². The van der Waals surface area contributed by atoms with E-state index in [-0.39, 0.29) is 21.9 Å². The number of aliphatic hydroxyl groups excluding tert-OH is 1. The molecule has 0 saturated heterocycles. The monoisotopic (exact) mass is 361 g/mol. The van der Waals surface area contributed by atoms with Gasteiger partial charge in [0.2, 0.25) is 0 Å². The molecule has 2 aromatic rings. The van der Waals surface area contributed by atoms with Gasteiger partial charge >= 0.3 is 0 Å². The van der Waals surface area contributed by atoms with E-state index in [0.29, 0.717) is 11.4 Å². The van der Waals surface area contributed by atoms with Gasteiger partial charge in [0.15, 0.2) is 4.67 Å². The van der Waals surface area contributed by atoms with Crippen molar-refractivity contribution in [1.29, 1.82) is 0 Å². The van der Waals surface area contributed by atoms with Crippen LogP contribution in [0.5, 0.6) is 5.75 Å². The zero-order valence-corrected chi connectivity index (χ0v) is 12.9. The lowest BCUT2D eigenvalue weighted by Crippen LogP contribution is -2.12. The van der Waals surface area contributed by atoms with Gasteiger partial charge in [0.25, 0.3) is 10.0 Å². The Labute approximate surface area is 124 Å². The lowest BCUT2D eigenvalue weighted by Gasteiger charge is -2.07. The summed E-state index contributed by atoms with van der Waals surface area (Å²) in [4.78, 5) is -0.0719. The molecule has 0 aliphatic heterocycles. The van der Waals surface area contributed by atoms with Crippen molar-refractivity contribution in [2.24, 2.45) is 0 Å². The highest BCUT2D eigenvalue weighted by Gasteiger charge is 2.22. The molecule has 2 rings (SSSR count). The smallest absolute Gasteiger partial charge is 0.266 e. The molecule has 1 aromatic carbocycles. The molecule has 6 nitrogen and oxygen atoms in total. The number of halogens is 1. The SMILES string of the molecule is COc1ccc(NS(=O)(=O)c2cc(CO)oc2Br)cc1. The third-order valence-corrected chi connectivity index (χ3v) is 4.73. The van der Waals surface area contributed by atoms with Crippen molar-refractivity contribution >= 4 is 31.6 Å². The van der Waals surface area contributed by atoms with Gasteiger partial charge in [-0.05, 0) is 40.2 Å². The van der Waals surface area contributed by atoms with Gasteiger partial charge in [-0.1, -0.05) is 0 Å². The topological polar surface area (TPSA) is 88.8 Å². The maximum atomic E-state index is 12.2. The van der Waals surface area contributed by atoms with Crippen LogP contribution in [0, 0.1) is 0 Å². The molecule has 0 bridgehead atoms. The zero-order valence-electron chi connectivity index (χ0n) is 10.5. The number of ether oxygens (including phenoxy) is 1. The number of sulfonamides is 1. The Hall–Kier alpha value is -1.51. The molecule has 0 aliphatic rings. The second-order valence-electron chi connectivity index (χ2n) is 3.84. The molecular weight excluding hydrogens is 350 g/mol. The first-order valence-corrected chi connectivity index (χ1v) is 7.80. The molecule has 108 valence electrons. The van der Waals surface area contributed by atoms with Crippen LogP contribution < -0.4 is 9.46 Å². The van der Waals surface area contributed by atoms with E-state index in [2.05, 4.69) is 20.7 Å². The minimum absolute atomic E-state index is 0.0440. The van der Waals surface area contributed by atoms with Gasteiger partial charge < -0.3 is 14.3 Å². The van der Waals surface area contributed by atoms with Crippen molar-refractivity contribution < 1.29 is 22.7 Å². The van der Waals surface area contributed by atoms with Crippen molar-refractivity contribution in [3.8, 4) is 5.75 Å². The molecule has 0 fully saturated rings. The standard InChI is InChI=1S/C12H12BrNO5S/c1-18-9-4-2-8(3-5-9)14-20(16,17)11-6-10(7-15)19-12(11)13/h2-6,14-15H,7H2,1H3. The molecular formula is C12H12BrNO5S. The summed E-state index contributed by atoms with van der Waals surface area (Å²) in [7, 11) is -2.27. The summed E-state index contributed by atoms with van der Waals surface area (Å²) in [6, 6.07) is 7.70. The predicted molar refractivity (Wildman–Crippen MR) is 76.1 cm³/mol. The molecule has 0 amide bonds. The highest BCUT2D eigenvalue weighted by molar-refractivity contribution is 9.10. The zero-order chi connectivity index (χ0) is 14.8. The Morgan fingerprint density at radius 2 is 2.00 bits per heavy atom. The average molecular weight is 362 g/mol. The largest absolute Gasteiger partial charge is 0.497 e. The highest BCUT2D eigenvalue weighted by atomic mass is 79.9. The molecule has 0 saturated carbocycles. The number of rotatable bonds is 5. The van der Waals surface area contributed by atoms with Crippen LogP contribution in [-0.2, 0) is 16.6 Å². The fourth-order valence-electron chi connectivity index (χ4n) is 1.53. The third-order valence-electron chi connectivity index (χ3n) is 2.49. The number of hydrogen-bond donors (Lipinski definition) is 2. The lowest BCUT2D eigenvalue weighted by atomic mass is 10.3. The van der Waals surface area contributed by atoms with Crippen molar-refractivity contribution in [3.05, 3.63) is 40.8 Å². The molecule has 0 aliphatic carbocycles. The quantitative estimate of drug-likeness (QED) is 0.852. The number of furan rings is 1. The van der Waals surface area contributed by atoms with Crippen LogP contribution >= 0.6 is 15.9 Å². The first-order chi connectivity index (χ1) is 9.46. The Kier molecular flexibility index (Phi) is 4.36. The molecule has 8 heteroatoms. The van der Waals surface area contributed by atoms with Gasteiger partial charge in [0.1, 0.15) is 23.0 Å². The van der Waals surface area contributed by atoms with Crippen LogP contribution in [0.4, 0.5) is 5.69 Å². The molecule has 0 spiro atoms. The second-order valence-corrected chi connectivity index (χ2v) is 6.21. The van der Waals surface area contributed by atoms with Gasteiger partial charge in [-0.15, -0.1) is 0 Å². The van der Waals surface area contributed by atoms with E-state index in [4.69, 9.17) is 14.3 Å². The molecule has 0 atom stereocenters. The van der Waals surface area contributed by atoms with E-state index in [1.54, 1.807) is 24.3 Å². The Morgan fingerprint density at radius 1 is 1.35 bits per heavy atom. The van der Waals surface area contributed by atoms with Crippen LogP contribution in [0.25, 0.3) is 0 Å². The molecule has 2 N–H and O–H groups in total. The Balaban J connectivity index is 2.27. The fraction of sp³-hybridized carbons (Fsp3) is 0.167. The first-order valence-electron chi connectivity index (χ1n) is 5.52. The molecule has 20 heavy (non-hydrogen) atoms. The highest BCUT2D eigenvalue weighted by Crippen LogP contribution is 2.28. The van der Waals surface area contributed by atoms with E-state index in [1.807, 2.05) is 0 Å². The second kappa shape index (κ2) is 5.86. The van der Waals surface area contributed by atoms with E-state index in [9.17, 15) is 8.42 Å². The third kappa shape index (κ3) is 3.14. The average Bonchev–Trinajstić information content (AvgIpc) is 2.81. The maximum Gasteiger partial charge on any atom is 0.266 e. The van der Waals surface area contributed by atoms with Crippen LogP contribution in [0.3, 0.4) is 0 Å². The lowest BCUT2D eigenvalue weighted by molar-refractivity contribution is 0.245. The normalized spacial score (nSPS) is 11.3. The van der Waals surface area contributed by atoms with E-state index in [1.165, 1.54) is 13.2 Å². The number of aliphatic hydroxyl groups is 1. The number of methoxy groups -OCH3 is 1. The maximum absolute atomic E-state index is 12.2. The summed E-state index contributed by atoms with van der Waals surface area (Å²) >= 11 is 3.01. The van der Waals surface area contributed by atoms with Crippen molar-refractivity contribution in [2.75, 3.05) is 11.8 Å². The van der Waals surface area contributed by atoms with E-state index >= 15 is 0 Å². The Bertz CT molecular complexity index is 693. The number of hydrogen-bond acceptors (Lipinski definition) is 5. The summed E-state index contributed by atoms with van der Waals surface area (Å²) in [6.45, 7) is -0.378. The van der Waals surface area contributed by atoms with Crippen molar-refractivity contribution in [3.63, 3.8) is 0 Å². The van der Waals surface area contributed by atoms with Gasteiger partial charge in [0, 0.05) is 11.8 Å². The number of anilines is 1. The predicted octanol–water partition coefficient (Wildman–Crippen LogP) is 2.34. The summed E-state index contributed by atoms with van der Waals surface area (Å²) in [5.74, 6) is 0.784. The van der Waals surface area contributed by atoms with Gasteiger partial charge in [-0.25, -0.2) is 8.42 Å². The van der Waals surface area contributed by atoms with Gasteiger partial charge in [0.05, 0.1) is 7.11 Å². The van der Waals surface area contributed by atoms with Crippen LogP contribution in [0.1, 0.15) is 5.76 Å². The van der Waals surface area contributed by atoms with Crippen LogP contribution in [0.2, 0.25) is 0 Å². The molecule has 0 radical (unpaired) electrons. The van der Waals surface area contributed by atoms with Crippen molar-refractivity contribution in [1.82, 2.24) is 0 Å². The minimum atomic E-state index is -3.80.